The molecule has 2 heteroatoms. The van der Waals surface area contributed by atoms with Crippen molar-refractivity contribution in [2.24, 2.45) is 0 Å². The maximum atomic E-state index is 12.2. The molecule has 0 N–H and O–H groups in total. The minimum absolute atomic E-state index is 0.00357. The predicted octanol–water partition coefficient (Wildman–Crippen LogP) is 6.71. The molecule has 0 amide bonds. The molecule has 1 aromatic carbocycles. The number of hydrogen-bond acceptors (Lipinski definition) is 2. The smallest absolute Gasteiger partial charge is 0.338 e. The third kappa shape index (κ3) is 9.54. The molecule has 2 nitrogen and oxygen atoms in total. The average molecular weight is 331 g/mol. The second-order valence-electron chi connectivity index (χ2n) is 6.42. The largest absolute Gasteiger partial charge is 0.458 e. The number of allylic oxidation sites excluding steroid dienone is 1. The Morgan fingerprint density at radius 2 is 1.62 bits per heavy atom. The summed E-state index contributed by atoms with van der Waals surface area (Å²) in [7, 11) is 0. The van der Waals surface area contributed by atoms with Gasteiger partial charge in [-0.05, 0) is 31.4 Å². The van der Waals surface area contributed by atoms with E-state index in [0.717, 1.165) is 25.7 Å². The number of carbonyl (C=O) groups is 1. The van der Waals surface area contributed by atoms with Gasteiger partial charge in [0.25, 0.3) is 0 Å². The molecule has 1 unspecified atom stereocenters. The van der Waals surface area contributed by atoms with E-state index in [1.807, 2.05) is 30.3 Å². The molecule has 0 aliphatic carbocycles. The third-order valence-corrected chi connectivity index (χ3v) is 4.21. The molecule has 0 saturated heterocycles. The van der Waals surface area contributed by atoms with Gasteiger partial charge >= 0.3 is 5.97 Å². The molecule has 0 aliphatic heterocycles. The van der Waals surface area contributed by atoms with Crippen LogP contribution in [0.2, 0.25) is 0 Å². The van der Waals surface area contributed by atoms with Gasteiger partial charge in [-0.15, -0.1) is 0 Å². The van der Waals surface area contributed by atoms with E-state index in [1.54, 1.807) is 0 Å². The molecule has 0 radical (unpaired) electrons. The van der Waals surface area contributed by atoms with E-state index in [9.17, 15) is 4.79 Å². The lowest BCUT2D eigenvalue weighted by Crippen LogP contribution is -2.18. The molecule has 0 heterocycles. The van der Waals surface area contributed by atoms with E-state index in [4.69, 9.17) is 4.74 Å². The Morgan fingerprint density at radius 1 is 0.958 bits per heavy atom. The Hall–Kier alpha value is -1.57. The van der Waals surface area contributed by atoms with Crippen LogP contribution in [0.3, 0.4) is 0 Å². The van der Waals surface area contributed by atoms with E-state index in [2.05, 4.69) is 26.0 Å². The zero-order valence-corrected chi connectivity index (χ0v) is 15.5. The van der Waals surface area contributed by atoms with Gasteiger partial charge in [0.2, 0.25) is 0 Å². The first-order valence-corrected chi connectivity index (χ1v) is 9.69. The third-order valence-electron chi connectivity index (χ3n) is 4.21. The van der Waals surface area contributed by atoms with Crippen molar-refractivity contribution in [3.63, 3.8) is 0 Å². The monoisotopic (exact) mass is 330 g/mol. The van der Waals surface area contributed by atoms with Crippen LogP contribution in [0.5, 0.6) is 0 Å². The zero-order chi connectivity index (χ0) is 17.5. The van der Waals surface area contributed by atoms with Crippen molar-refractivity contribution < 1.29 is 9.53 Å². The summed E-state index contributed by atoms with van der Waals surface area (Å²) in [5.41, 5.74) is 0.640. The van der Waals surface area contributed by atoms with Gasteiger partial charge in [0.05, 0.1) is 5.56 Å². The zero-order valence-electron chi connectivity index (χ0n) is 15.5. The Bertz CT molecular complexity index is 450. The standard InChI is InChI=1S/C22H34O2/c1-3-5-7-8-9-10-15-19-21(18-12-6-4-2)24-22(23)20-16-13-11-14-17-20/h6,11-14,16-17,21H,3-5,7-10,15,18-19H2,1-2H3. The first kappa shape index (κ1) is 20.5. The minimum Gasteiger partial charge on any atom is -0.458 e. The minimum atomic E-state index is -0.201. The molecule has 0 bridgehead atoms. The fourth-order valence-electron chi connectivity index (χ4n) is 2.76. The summed E-state index contributed by atoms with van der Waals surface area (Å²) in [6.07, 6.45) is 16.1. The molecule has 1 atom stereocenters. The summed E-state index contributed by atoms with van der Waals surface area (Å²) in [5.74, 6) is -0.201. The predicted molar refractivity (Wildman–Crippen MR) is 102 cm³/mol. The highest BCUT2D eigenvalue weighted by molar-refractivity contribution is 5.89. The molecule has 0 aromatic heterocycles. The van der Waals surface area contributed by atoms with Crippen molar-refractivity contribution in [3.8, 4) is 0 Å². The Labute approximate surface area is 148 Å². The highest BCUT2D eigenvalue weighted by Gasteiger charge is 2.14. The van der Waals surface area contributed by atoms with Crippen molar-refractivity contribution in [1.82, 2.24) is 0 Å². The number of esters is 1. The van der Waals surface area contributed by atoms with Crippen molar-refractivity contribution in [2.45, 2.75) is 84.2 Å². The number of hydrogen-bond donors (Lipinski definition) is 0. The van der Waals surface area contributed by atoms with Crippen molar-refractivity contribution in [1.29, 1.82) is 0 Å². The van der Waals surface area contributed by atoms with Crippen LogP contribution in [0.25, 0.3) is 0 Å². The summed E-state index contributed by atoms with van der Waals surface area (Å²) in [5, 5.41) is 0. The molecule has 0 spiro atoms. The Morgan fingerprint density at radius 3 is 2.29 bits per heavy atom. The van der Waals surface area contributed by atoms with Crippen molar-refractivity contribution in [2.75, 3.05) is 0 Å². The fraction of sp³-hybridized carbons (Fsp3) is 0.591. The summed E-state index contributed by atoms with van der Waals surface area (Å²) < 4.78 is 5.74. The van der Waals surface area contributed by atoms with Crippen LogP contribution in [0.1, 0.15) is 88.4 Å². The first-order valence-electron chi connectivity index (χ1n) is 9.69. The number of unbranched alkanes of at least 4 members (excludes halogenated alkanes) is 6. The van der Waals surface area contributed by atoms with Crippen LogP contribution < -0.4 is 0 Å². The van der Waals surface area contributed by atoms with E-state index in [1.165, 1.54) is 38.5 Å². The second kappa shape index (κ2) is 13.8. The summed E-state index contributed by atoms with van der Waals surface area (Å²) in [6, 6.07) is 9.29. The van der Waals surface area contributed by atoms with Crippen LogP contribution in [0.15, 0.2) is 42.5 Å². The van der Waals surface area contributed by atoms with Gasteiger partial charge in [-0.25, -0.2) is 4.79 Å². The van der Waals surface area contributed by atoms with Gasteiger partial charge in [-0.3, -0.25) is 0 Å². The SMILES string of the molecule is CCC=CCC(CCCCCCCCC)OC(=O)c1ccccc1. The highest BCUT2D eigenvalue weighted by Crippen LogP contribution is 2.15. The summed E-state index contributed by atoms with van der Waals surface area (Å²) >= 11 is 0. The maximum Gasteiger partial charge on any atom is 0.338 e. The molecular formula is C22H34O2. The van der Waals surface area contributed by atoms with E-state index in [0.29, 0.717) is 5.56 Å². The molecule has 0 aliphatic rings. The Balaban J connectivity index is 2.37. The van der Waals surface area contributed by atoms with Crippen LogP contribution in [-0.4, -0.2) is 12.1 Å². The number of ether oxygens (including phenoxy) is 1. The van der Waals surface area contributed by atoms with Crippen LogP contribution in [0, 0.1) is 0 Å². The molecule has 0 saturated carbocycles. The van der Waals surface area contributed by atoms with Crippen LogP contribution in [0.4, 0.5) is 0 Å². The van der Waals surface area contributed by atoms with Crippen LogP contribution >= 0.6 is 0 Å². The maximum absolute atomic E-state index is 12.2. The number of carbonyl (C=O) groups excluding carboxylic acids is 1. The van der Waals surface area contributed by atoms with Gasteiger partial charge in [0, 0.05) is 6.42 Å². The Kier molecular flexibility index (Phi) is 11.8. The normalized spacial score (nSPS) is 12.4. The van der Waals surface area contributed by atoms with E-state index in [-0.39, 0.29) is 12.1 Å². The molecular weight excluding hydrogens is 296 g/mol. The molecule has 134 valence electrons. The van der Waals surface area contributed by atoms with Gasteiger partial charge < -0.3 is 4.74 Å². The molecule has 1 rings (SSSR count). The summed E-state index contributed by atoms with van der Waals surface area (Å²) in [6.45, 7) is 4.37. The number of benzene rings is 1. The average Bonchev–Trinajstić information content (AvgIpc) is 2.61. The molecule has 1 aromatic rings. The quantitative estimate of drug-likeness (QED) is 0.228. The second-order valence-corrected chi connectivity index (χ2v) is 6.42. The van der Waals surface area contributed by atoms with E-state index >= 15 is 0 Å². The summed E-state index contributed by atoms with van der Waals surface area (Å²) in [4.78, 5) is 12.2. The first-order chi connectivity index (χ1) is 11.8. The van der Waals surface area contributed by atoms with Gasteiger partial charge in [0.1, 0.15) is 6.10 Å². The van der Waals surface area contributed by atoms with Gasteiger partial charge in [0.15, 0.2) is 0 Å². The van der Waals surface area contributed by atoms with Crippen molar-refractivity contribution >= 4 is 5.97 Å². The number of rotatable bonds is 13. The topological polar surface area (TPSA) is 26.3 Å². The van der Waals surface area contributed by atoms with Crippen molar-refractivity contribution in [3.05, 3.63) is 48.0 Å². The lowest BCUT2D eigenvalue weighted by atomic mass is 10.0. The highest BCUT2D eigenvalue weighted by atomic mass is 16.5. The van der Waals surface area contributed by atoms with Gasteiger partial charge in [-0.1, -0.05) is 82.7 Å². The van der Waals surface area contributed by atoms with Gasteiger partial charge in [-0.2, -0.15) is 0 Å². The molecule has 24 heavy (non-hydrogen) atoms. The fourth-order valence-corrected chi connectivity index (χ4v) is 2.76. The lowest BCUT2D eigenvalue weighted by molar-refractivity contribution is 0.0283. The van der Waals surface area contributed by atoms with E-state index < -0.39 is 0 Å². The molecule has 0 fully saturated rings. The lowest BCUT2D eigenvalue weighted by Gasteiger charge is -2.16. The van der Waals surface area contributed by atoms with Crippen LogP contribution in [-0.2, 0) is 4.74 Å².